The van der Waals surface area contributed by atoms with Crippen molar-refractivity contribution in [1.29, 1.82) is 0 Å². The molecule has 0 unspecified atom stereocenters. The van der Waals surface area contributed by atoms with Crippen molar-refractivity contribution in [2.45, 2.75) is 23.8 Å². The van der Waals surface area contributed by atoms with Gasteiger partial charge in [0.15, 0.2) is 0 Å². The number of anilines is 1. The van der Waals surface area contributed by atoms with Gasteiger partial charge in [0.25, 0.3) is 0 Å². The standard InChI is InChI=1S/C13H20N2O4S/c1-18-8-7-15(11-4-5-11)20(16,17)13-6-3-10(14)9-12(13)19-2/h3,6,9,11H,4-5,7-8,14H2,1-2H3. The van der Waals surface area contributed by atoms with Crippen LogP contribution in [0.15, 0.2) is 23.1 Å². The summed E-state index contributed by atoms with van der Waals surface area (Å²) >= 11 is 0. The highest BCUT2D eigenvalue weighted by atomic mass is 32.2. The molecule has 0 atom stereocenters. The van der Waals surface area contributed by atoms with Crippen molar-refractivity contribution in [3.8, 4) is 5.75 Å². The maximum Gasteiger partial charge on any atom is 0.247 e. The van der Waals surface area contributed by atoms with Crippen LogP contribution in [-0.4, -0.2) is 46.1 Å². The number of rotatable bonds is 7. The molecule has 1 aliphatic rings. The smallest absolute Gasteiger partial charge is 0.247 e. The molecule has 112 valence electrons. The van der Waals surface area contributed by atoms with Gasteiger partial charge in [-0.05, 0) is 25.0 Å². The van der Waals surface area contributed by atoms with E-state index in [-0.39, 0.29) is 16.7 Å². The normalized spacial score (nSPS) is 15.6. The Morgan fingerprint density at radius 2 is 2.05 bits per heavy atom. The number of nitrogens with two attached hydrogens (primary N) is 1. The summed E-state index contributed by atoms with van der Waals surface area (Å²) in [6, 6.07) is 4.65. The van der Waals surface area contributed by atoms with E-state index >= 15 is 0 Å². The Hall–Kier alpha value is -1.31. The molecule has 1 fully saturated rings. The van der Waals surface area contributed by atoms with E-state index in [0.29, 0.717) is 18.8 Å². The van der Waals surface area contributed by atoms with E-state index < -0.39 is 10.0 Å². The van der Waals surface area contributed by atoms with Crippen LogP contribution in [0.4, 0.5) is 5.69 Å². The van der Waals surface area contributed by atoms with E-state index in [0.717, 1.165) is 12.8 Å². The number of sulfonamides is 1. The highest BCUT2D eigenvalue weighted by molar-refractivity contribution is 7.89. The summed E-state index contributed by atoms with van der Waals surface area (Å²) in [6.45, 7) is 0.712. The fourth-order valence-corrected chi connectivity index (χ4v) is 3.87. The quantitative estimate of drug-likeness (QED) is 0.762. The third kappa shape index (κ3) is 3.05. The Bertz CT molecular complexity index is 570. The largest absolute Gasteiger partial charge is 0.495 e. The molecular weight excluding hydrogens is 280 g/mol. The summed E-state index contributed by atoms with van der Waals surface area (Å²) in [5.74, 6) is 0.271. The van der Waals surface area contributed by atoms with Crippen LogP contribution in [0.3, 0.4) is 0 Å². The summed E-state index contributed by atoms with van der Waals surface area (Å²) in [7, 11) is -0.605. The maximum absolute atomic E-state index is 12.8. The second kappa shape index (κ2) is 5.99. The molecule has 0 aliphatic heterocycles. The number of hydrogen-bond acceptors (Lipinski definition) is 5. The van der Waals surface area contributed by atoms with Gasteiger partial charge in [-0.1, -0.05) is 0 Å². The molecule has 20 heavy (non-hydrogen) atoms. The number of nitrogens with zero attached hydrogens (tertiary/aromatic N) is 1. The first-order chi connectivity index (χ1) is 9.50. The van der Waals surface area contributed by atoms with Gasteiger partial charge in [-0.25, -0.2) is 8.42 Å². The van der Waals surface area contributed by atoms with Gasteiger partial charge in [0.2, 0.25) is 10.0 Å². The maximum atomic E-state index is 12.8. The van der Waals surface area contributed by atoms with E-state index in [1.54, 1.807) is 13.2 Å². The first-order valence-corrected chi connectivity index (χ1v) is 7.89. The van der Waals surface area contributed by atoms with Crippen LogP contribution in [0.2, 0.25) is 0 Å². The molecule has 2 rings (SSSR count). The Morgan fingerprint density at radius 3 is 2.60 bits per heavy atom. The van der Waals surface area contributed by atoms with Crippen molar-refractivity contribution >= 4 is 15.7 Å². The molecule has 1 saturated carbocycles. The lowest BCUT2D eigenvalue weighted by atomic mass is 10.3. The zero-order valence-corrected chi connectivity index (χ0v) is 12.5. The lowest BCUT2D eigenvalue weighted by molar-refractivity contribution is 0.177. The molecular formula is C13H20N2O4S. The van der Waals surface area contributed by atoms with Gasteiger partial charge in [0, 0.05) is 31.5 Å². The number of ether oxygens (including phenoxy) is 2. The Kier molecular flexibility index (Phi) is 4.52. The topological polar surface area (TPSA) is 81.9 Å². The third-order valence-electron chi connectivity index (χ3n) is 3.24. The second-order valence-electron chi connectivity index (χ2n) is 4.75. The van der Waals surface area contributed by atoms with Crippen LogP contribution >= 0.6 is 0 Å². The second-order valence-corrected chi connectivity index (χ2v) is 6.61. The number of methoxy groups -OCH3 is 2. The molecule has 6 nitrogen and oxygen atoms in total. The molecule has 7 heteroatoms. The van der Waals surface area contributed by atoms with Crippen LogP contribution in [-0.2, 0) is 14.8 Å². The van der Waals surface area contributed by atoms with Crippen LogP contribution in [0.25, 0.3) is 0 Å². The first-order valence-electron chi connectivity index (χ1n) is 6.45. The zero-order valence-electron chi connectivity index (χ0n) is 11.7. The molecule has 0 amide bonds. The molecule has 0 bridgehead atoms. The van der Waals surface area contributed by atoms with Crippen LogP contribution in [0.1, 0.15) is 12.8 Å². The summed E-state index contributed by atoms with van der Waals surface area (Å²) in [5, 5.41) is 0. The van der Waals surface area contributed by atoms with Crippen molar-refractivity contribution in [2.24, 2.45) is 0 Å². The molecule has 1 aromatic carbocycles. The van der Waals surface area contributed by atoms with Crippen molar-refractivity contribution in [3.05, 3.63) is 18.2 Å². The van der Waals surface area contributed by atoms with Gasteiger partial charge in [-0.2, -0.15) is 4.31 Å². The highest BCUT2D eigenvalue weighted by Gasteiger charge is 2.38. The summed E-state index contributed by atoms with van der Waals surface area (Å²) in [4.78, 5) is 0.150. The van der Waals surface area contributed by atoms with E-state index in [9.17, 15) is 8.42 Å². The number of benzene rings is 1. The summed E-state index contributed by atoms with van der Waals surface area (Å²) < 4.78 is 37.2. The SMILES string of the molecule is COCCN(C1CC1)S(=O)(=O)c1ccc(N)cc1OC. The van der Waals surface area contributed by atoms with Crippen molar-refractivity contribution in [2.75, 3.05) is 33.1 Å². The Morgan fingerprint density at radius 1 is 1.35 bits per heavy atom. The third-order valence-corrected chi connectivity index (χ3v) is 5.24. The molecule has 2 N–H and O–H groups in total. The molecule has 0 saturated heterocycles. The minimum absolute atomic E-state index is 0.0670. The Labute approximate surface area is 119 Å². The molecule has 0 heterocycles. The predicted molar refractivity (Wildman–Crippen MR) is 76.2 cm³/mol. The van der Waals surface area contributed by atoms with Gasteiger partial charge in [0.1, 0.15) is 10.6 Å². The van der Waals surface area contributed by atoms with E-state index in [1.807, 2.05) is 0 Å². The van der Waals surface area contributed by atoms with Gasteiger partial charge < -0.3 is 15.2 Å². The van der Waals surface area contributed by atoms with Crippen molar-refractivity contribution < 1.29 is 17.9 Å². The average molecular weight is 300 g/mol. The predicted octanol–water partition coefficient (Wildman–Crippen LogP) is 1.08. The summed E-state index contributed by atoms with van der Waals surface area (Å²) in [5.41, 5.74) is 6.13. The van der Waals surface area contributed by atoms with Crippen molar-refractivity contribution in [1.82, 2.24) is 4.31 Å². The van der Waals surface area contributed by atoms with Crippen LogP contribution in [0, 0.1) is 0 Å². The lowest BCUT2D eigenvalue weighted by Crippen LogP contribution is -2.36. The fraction of sp³-hybridized carbons (Fsp3) is 0.538. The van der Waals surface area contributed by atoms with Crippen molar-refractivity contribution in [3.63, 3.8) is 0 Å². The van der Waals surface area contributed by atoms with Gasteiger partial charge in [-0.15, -0.1) is 0 Å². The van der Waals surface area contributed by atoms with E-state index in [4.69, 9.17) is 15.2 Å². The van der Waals surface area contributed by atoms with E-state index in [1.165, 1.54) is 23.5 Å². The van der Waals surface area contributed by atoms with Gasteiger partial charge in [-0.3, -0.25) is 0 Å². The highest BCUT2D eigenvalue weighted by Crippen LogP contribution is 2.35. The fourth-order valence-electron chi connectivity index (χ4n) is 2.07. The number of nitrogen functional groups attached to an aromatic ring is 1. The molecule has 1 aromatic rings. The summed E-state index contributed by atoms with van der Waals surface area (Å²) in [6.07, 6.45) is 1.78. The monoisotopic (exact) mass is 300 g/mol. The minimum Gasteiger partial charge on any atom is -0.495 e. The number of hydrogen-bond donors (Lipinski definition) is 1. The molecule has 0 radical (unpaired) electrons. The molecule has 0 aromatic heterocycles. The van der Waals surface area contributed by atoms with Crippen LogP contribution < -0.4 is 10.5 Å². The van der Waals surface area contributed by atoms with E-state index in [2.05, 4.69) is 0 Å². The zero-order chi connectivity index (χ0) is 14.8. The molecule has 1 aliphatic carbocycles. The minimum atomic E-state index is -3.60. The average Bonchev–Trinajstić information content (AvgIpc) is 3.23. The lowest BCUT2D eigenvalue weighted by Gasteiger charge is -2.22. The molecule has 0 spiro atoms. The first kappa shape index (κ1) is 15.1. The van der Waals surface area contributed by atoms with Gasteiger partial charge in [0.05, 0.1) is 13.7 Å². The Balaban J connectivity index is 2.37. The van der Waals surface area contributed by atoms with Crippen LogP contribution in [0.5, 0.6) is 5.75 Å². The van der Waals surface area contributed by atoms with Gasteiger partial charge >= 0.3 is 0 Å².